The fourth-order valence-electron chi connectivity index (χ4n) is 3.33. The molecule has 8 nitrogen and oxygen atoms in total. The molecule has 0 aromatic heterocycles. The molecule has 0 atom stereocenters. The highest BCUT2D eigenvalue weighted by Crippen LogP contribution is 2.30. The van der Waals surface area contributed by atoms with Crippen LogP contribution in [0.5, 0.6) is 11.5 Å². The zero-order valence-corrected chi connectivity index (χ0v) is 20.4. The number of hydrogen-bond acceptors (Lipinski definition) is 6. The van der Waals surface area contributed by atoms with E-state index < -0.39 is 10.0 Å². The second-order valence-corrected chi connectivity index (χ2v) is 9.86. The summed E-state index contributed by atoms with van der Waals surface area (Å²) < 4.78 is 43.8. The van der Waals surface area contributed by atoms with Gasteiger partial charge in [-0.15, -0.1) is 0 Å². The standard InChI is InChI=1S/C23H29ClN2O6S/c1-3-31-22-9-7-19(33(28,29)26-10-13-30-14-11-26)16-21(22)25-23(27)5-4-12-32-18-6-8-20(24)17(2)15-18/h6-9,15-16H,3-5,10-14H2,1-2H3,(H,25,27). The van der Waals surface area contributed by atoms with E-state index in [1.54, 1.807) is 18.2 Å². The van der Waals surface area contributed by atoms with Crippen molar-refractivity contribution in [3.05, 3.63) is 47.0 Å². The number of sulfonamides is 1. The Labute approximate surface area is 199 Å². The number of morpholine rings is 1. The number of nitrogens with one attached hydrogen (secondary N) is 1. The molecule has 2 aromatic rings. The number of ether oxygens (including phenoxy) is 3. The largest absolute Gasteiger partial charge is 0.494 e. The second kappa shape index (κ2) is 11.7. The molecule has 3 rings (SSSR count). The summed E-state index contributed by atoms with van der Waals surface area (Å²) in [6.07, 6.45) is 0.696. The molecule has 0 spiro atoms. The predicted molar refractivity (Wildman–Crippen MR) is 127 cm³/mol. The van der Waals surface area contributed by atoms with Gasteiger partial charge in [-0.2, -0.15) is 4.31 Å². The number of nitrogens with zero attached hydrogens (tertiary/aromatic N) is 1. The Morgan fingerprint density at radius 1 is 1.15 bits per heavy atom. The molecule has 1 aliphatic heterocycles. The summed E-state index contributed by atoms with van der Waals surface area (Å²) in [4.78, 5) is 12.6. The lowest BCUT2D eigenvalue weighted by Gasteiger charge is -2.26. The van der Waals surface area contributed by atoms with Crippen LogP contribution in [0.2, 0.25) is 5.02 Å². The second-order valence-electron chi connectivity index (χ2n) is 7.52. The van der Waals surface area contributed by atoms with Gasteiger partial charge in [-0.1, -0.05) is 11.6 Å². The maximum Gasteiger partial charge on any atom is 0.243 e. The lowest BCUT2D eigenvalue weighted by molar-refractivity contribution is -0.116. The Morgan fingerprint density at radius 3 is 2.61 bits per heavy atom. The van der Waals surface area contributed by atoms with Crippen LogP contribution >= 0.6 is 11.6 Å². The molecule has 0 unspecified atom stereocenters. The van der Waals surface area contributed by atoms with Crippen molar-refractivity contribution in [2.45, 2.75) is 31.6 Å². The summed E-state index contributed by atoms with van der Waals surface area (Å²) in [5.74, 6) is 0.851. The lowest BCUT2D eigenvalue weighted by atomic mass is 10.2. The molecule has 180 valence electrons. The fraction of sp³-hybridized carbons (Fsp3) is 0.435. The first-order valence-corrected chi connectivity index (χ1v) is 12.7. The zero-order chi connectivity index (χ0) is 23.8. The van der Waals surface area contributed by atoms with Crippen LogP contribution < -0.4 is 14.8 Å². The number of rotatable bonds is 10. The van der Waals surface area contributed by atoms with Crippen LogP contribution in [0, 0.1) is 6.92 Å². The maximum absolute atomic E-state index is 13.0. The fourth-order valence-corrected chi connectivity index (χ4v) is 4.88. The van der Waals surface area contributed by atoms with Crippen LogP contribution in [0.3, 0.4) is 0 Å². The van der Waals surface area contributed by atoms with E-state index in [1.165, 1.54) is 16.4 Å². The molecule has 0 radical (unpaired) electrons. The van der Waals surface area contributed by atoms with Crippen molar-refractivity contribution >= 4 is 33.2 Å². The quantitative estimate of drug-likeness (QED) is 0.502. The highest BCUT2D eigenvalue weighted by molar-refractivity contribution is 7.89. The number of hydrogen-bond donors (Lipinski definition) is 1. The minimum absolute atomic E-state index is 0.101. The minimum atomic E-state index is -3.69. The van der Waals surface area contributed by atoms with Crippen molar-refractivity contribution in [3.8, 4) is 11.5 Å². The monoisotopic (exact) mass is 496 g/mol. The number of anilines is 1. The zero-order valence-electron chi connectivity index (χ0n) is 18.8. The molecule has 0 aliphatic carbocycles. The van der Waals surface area contributed by atoms with Gasteiger partial charge < -0.3 is 19.5 Å². The molecule has 0 bridgehead atoms. The Hall–Kier alpha value is -2.33. The highest BCUT2D eigenvalue weighted by Gasteiger charge is 2.27. The first-order chi connectivity index (χ1) is 15.8. The Balaban J connectivity index is 1.62. The molecular weight excluding hydrogens is 468 g/mol. The number of halogens is 1. The Kier molecular flexibility index (Phi) is 8.96. The van der Waals surface area contributed by atoms with E-state index in [0.717, 1.165) is 5.56 Å². The molecule has 1 aliphatic rings. The first-order valence-electron chi connectivity index (χ1n) is 10.8. The summed E-state index contributed by atoms with van der Waals surface area (Å²) in [5, 5.41) is 3.45. The van der Waals surface area contributed by atoms with Crippen molar-refractivity contribution in [2.75, 3.05) is 44.8 Å². The van der Waals surface area contributed by atoms with E-state index in [0.29, 0.717) is 68.1 Å². The van der Waals surface area contributed by atoms with Crippen LogP contribution in [-0.4, -0.2) is 58.1 Å². The minimum Gasteiger partial charge on any atom is -0.494 e. The molecule has 2 aromatic carbocycles. The van der Waals surface area contributed by atoms with E-state index in [9.17, 15) is 13.2 Å². The normalized spacial score (nSPS) is 14.6. The SMILES string of the molecule is CCOc1ccc(S(=O)(=O)N2CCOCC2)cc1NC(=O)CCCOc1ccc(Cl)c(C)c1. The molecule has 1 fully saturated rings. The third-order valence-corrected chi connectivity index (χ3v) is 7.40. The maximum atomic E-state index is 13.0. The van der Waals surface area contributed by atoms with Gasteiger partial charge in [0.05, 0.1) is 37.0 Å². The third kappa shape index (κ3) is 6.83. The van der Waals surface area contributed by atoms with E-state index in [2.05, 4.69) is 5.32 Å². The average Bonchev–Trinajstić information content (AvgIpc) is 2.81. The van der Waals surface area contributed by atoms with Crippen molar-refractivity contribution in [1.82, 2.24) is 4.31 Å². The number of carbonyl (C=O) groups excluding carboxylic acids is 1. The molecule has 0 saturated carbocycles. The smallest absolute Gasteiger partial charge is 0.243 e. The van der Waals surface area contributed by atoms with Crippen LogP contribution in [0.1, 0.15) is 25.3 Å². The van der Waals surface area contributed by atoms with E-state index >= 15 is 0 Å². The van der Waals surface area contributed by atoms with Gasteiger partial charge in [-0.25, -0.2) is 8.42 Å². The van der Waals surface area contributed by atoms with Gasteiger partial charge in [0.25, 0.3) is 0 Å². The van der Waals surface area contributed by atoms with Crippen molar-refractivity contribution in [1.29, 1.82) is 0 Å². The topological polar surface area (TPSA) is 94.2 Å². The first kappa shape index (κ1) is 25.3. The Bertz CT molecular complexity index is 1070. The molecule has 1 N–H and O–H groups in total. The van der Waals surface area contributed by atoms with Gasteiger partial charge in [0, 0.05) is 24.5 Å². The van der Waals surface area contributed by atoms with Gasteiger partial charge >= 0.3 is 0 Å². The summed E-state index contributed by atoms with van der Waals surface area (Å²) in [6.45, 7) is 5.76. The summed E-state index contributed by atoms with van der Waals surface area (Å²) >= 11 is 6.01. The molecule has 1 amide bonds. The number of carbonyl (C=O) groups is 1. The van der Waals surface area contributed by atoms with Gasteiger partial charge in [-0.3, -0.25) is 4.79 Å². The number of benzene rings is 2. The van der Waals surface area contributed by atoms with E-state index in [4.69, 9.17) is 25.8 Å². The van der Waals surface area contributed by atoms with Gasteiger partial charge in [0.1, 0.15) is 11.5 Å². The van der Waals surface area contributed by atoms with Gasteiger partial charge in [0.2, 0.25) is 15.9 Å². The van der Waals surface area contributed by atoms with Gasteiger partial charge in [0.15, 0.2) is 0 Å². The summed E-state index contributed by atoms with van der Waals surface area (Å²) in [6, 6.07) is 9.90. The number of aryl methyl sites for hydroxylation is 1. The summed E-state index contributed by atoms with van der Waals surface area (Å²) in [7, 11) is -3.69. The third-order valence-electron chi connectivity index (χ3n) is 5.08. The van der Waals surface area contributed by atoms with Crippen LogP contribution in [0.4, 0.5) is 5.69 Å². The number of amides is 1. The van der Waals surface area contributed by atoms with Crippen molar-refractivity contribution in [3.63, 3.8) is 0 Å². The molecule has 1 saturated heterocycles. The highest BCUT2D eigenvalue weighted by atomic mass is 35.5. The molecule has 10 heteroatoms. The van der Waals surface area contributed by atoms with Crippen LogP contribution in [0.15, 0.2) is 41.3 Å². The van der Waals surface area contributed by atoms with E-state index in [-0.39, 0.29) is 17.2 Å². The predicted octanol–water partition coefficient (Wildman–Crippen LogP) is 3.87. The molecular formula is C23H29ClN2O6S. The lowest BCUT2D eigenvalue weighted by Crippen LogP contribution is -2.40. The molecule has 1 heterocycles. The van der Waals surface area contributed by atoms with Crippen molar-refractivity contribution in [2.24, 2.45) is 0 Å². The van der Waals surface area contributed by atoms with Crippen LogP contribution in [-0.2, 0) is 19.6 Å². The van der Waals surface area contributed by atoms with E-state index in [1.807, 2.05) is 19.9 Å². The van der Waals surface area contributed by atoms with Crippen LogP contribution in [0.25, 0.3) is 0 Å². The summed E-state index contributed by atoms with van der Waals surface area (Å²) in [5.41, 5.74) is 1.24. The van der Waals surface area contributed by atoms with Crippen molar-refractivity contribution < 1.29 is 27.4 Å². The average molecular weight is 497 g/mol. The Morgan fingerprint density at radius 2 is 1.91 bits per heavy atom. The molecule has 33 heavy (non-hydrogen) atoms. The van der Waals surface area contributed by atoms with Gasteiger partial charge in [-0.05, 0) is 62.2 Å².